The molecule has 2 aromatic rings. The monoisotopic (exact) mass is 444 g/mol. The zero-order chi connectivity index (χ0) is 23.3. The molecule has 0 saturated heterocycles. The normalized spacial score (nSPS) is 26.1. The standard InChI is InChI=1S/C28H28O5/c1-3-12-33-28(32)26-23-20(24-22(15(2)30)27(31)25(24)26)11-10-18-8-9-19(13-21(18)23)17-6-4-16(14-29)5-7-17/h3-9,13,15,20,22,24-25,29-30H,1,10-12,14H2,2H3/t15-,20+,22-,24-,25?/m1/s1. The number of hydrogen-bond donors (Lipinski definition) is 2. The fourth-order valence-corrected chi connectivity index (χ4v) is 6.08. The minimum Gasteiger partial charge on any atom is -0.458 e. The van der Waals surface area contributed by atoms with E-state index in [9.17, 15) is 19.8 Å². The third kappa shape index (κ3) is 3.38. The van der Waals surface area contributed by atoms with Gasteiger partial charge in [-0.25, -0.2) is 4.79 Å². The highest BCUT2D eigenvalue weighted by molar-refractivity contribution is 6.11. The molecule has 0 amide bonds. The minimum absolute atomic E-state index is 0.00351. The van der Waals surface area contributed by atoms with E-state index in [1.165, 1.54) is 6.08 Å². The number of carbonyl (C=O) groups is 2. The number of aliphatic hydroxyl groups is 2. The summed E-state index contributed by atoms with van der Waals surface area (Å²) in [5.41, 5.74) is 6.45. The van der Waals surface area contributed by atoms with E-state index in [0.717, 1.165) is 46.2 Å². The predicted molar refractivity (Wildman–Crippen MR) is 125 cm³/mol. The lowest BCUT2D eigenvalue weighted by molar-refractivity contribution is -0.152. The van der Waals surface area contributed by atoms with E-state index in [2.05, 4.69) is 24.8 Å². The van der Waals surface area contributed by atoms with Crippen LogP contribution in [0.4, 0.5) is 0 Å². The van der Waals surface area contributed by atoms with Gasteiger partial charge in [0.15, 0.2) is 0 Å². The summed E-state index contributed by atoms with van der Waals surface area (Å²) in [6, 6.07) is 14.1. The molecule has 0 spiro atoms. The molecule has 5 rings (SSSR count). The summed E-state index contributed by atoms with van der Waals surface area (Å²) in [6.45, 7) is 5.38. The first-order chi connectivity index (χ1) is 16.0. The van der Waals surface area contributed by atoms with Crippen LogP contribution in [-0.4, -0.2) is 34.7 Å². The summed E-state index contributed by atoms with van der Waals surface area (Å²) in [4.78, 5) is 26.2. The maximum Gasteiger partial charge on any atom is 0.335 e. The average molecular weight is 445 g/mol. The van der Waals surface area contributed by atoms with Gasteiger partial charge in [-0.05, 0) is 71.1 Å². The average Bonchev–Trinajstić information content (AvgIpc) is 3.12. The summed E-state index contributed by atoms with van der Waals surface area (Å²) < 4.78 is 5.42. The SMILES string of the molecule is C=CCOC(=O)C1=C2c3cc(-c4ccc(CO)cc4)ccc3CC[C@@H]2[C@H]2C1C(=O)[C@@H]2[C@@H](C)O. The van der Waals surface area contributed by atoms with Crippen LogP contribution in [0.25, 0.3) is 16.7 Å². The molecule has 1 unspecified atom stereocenters. The molecule has 2 aromatic carbocycles. The number of aryl methyl sites for hydroxylation is 1. The van der Waals surface area contributed by atoms with Crippen LogP contribution in [0.1, 0.15) is 30.0 Å². The third-order valence-electron chi connectivity index (χ3n) is 7.54. The molecular formula is C28H28O5. The highest BCUT2D eigenvalue weighted by Crippen LogP contribution is 2.61. The van der Waals surface area contributed by atoms with Crippen molar-refractivity contribution < 1.29 is 24.5 Å². The Labute approximate surface area is 193 Å². The van der Waals surface area contributed by atoms with E-state index in [4.69, 9.17) is 4.74 Å². The summed E-state index contributed by atoms with van der Waals surface area (Å²) in [5.74, 6) is -1.45. The Bertz CT molecular complexity index is 1160. The van der Waals surface area contributed by atoms with Gasteiger partial charge in [0.25, 0.3) is 0 Å². The largest absolute Gasteiger partial charge is 0.458 e. The lowest BCUT2D eigenvalue weighted by atomic mass is 9.57. The molecule has 3 aliphatic rings. The smallest absolute Gasteiger partial charge is 0.335 e. The number of hydrogen-bond acceptors (Lipinski definition) is 5. The van der Waals surface area contributed by atoms with Crippen molar-refractivity contribution in [1.29, 1.82) is 0 Å². The van der Waals surface area contributed by atoms with Gasteiger partial charge in [0.1, 0.15) is 12.4 Å². The first-order valence-corrected chi connectivity index (χ1v) is 11.5. The molecule has 0 heterocycles. The second-order valence-electron chi connectivity index (χ2n) is 9.31. The van der Waals surface area contributed by atoms with Crippen molar-refractivity contribution in [3.05, 3.63) is 77.4 Å². The van der Waals surface area contributed by atoms with Crippen LogP contribution in [0.5, 0.6) is 0 Å². The third-order valence-corrected chi connectivity index (χ3v) is 7.54. The molecule has 2 N–H and O–H groups in total. The zero-order valence-corrected chi connectivity index (χ0v) is 18.7. The first kappa shape index (κ1) is 21.8. The van der Waals surface area contributed by atoms with Gasteiger partial charge in [-0.15, -0.1) is 0 Å². The molecule has 5 atom stereocenters. The van der Waals surface area contributed by atoms with Gasteiger partial charge < -0.3 is 14.9 Å². The Balaban J connectivity index is 1.63. The van der Waals surface area contributed by atoms with E-state index in [1.54, 1.807) is 6.92 Å². The lowest BCUT2D eigenvalue weighted by Crippen LogP contribution is -2.54. The van der Waals surface area contributed by atoms with Crippen LogP contribution < -0.4 is 0 Å². The maximum absolute atomic E-state index is 13.1. The minimum atomic E-state index is -0.735. The van der Waals surface area contributed by atoms with Gasteiger partial charge in [-0.1, -0.05) is 49.1 Å². The van der Waals surface area contributed by atoms with Crippen molar-refractivity contribution in [3.8, 4) is 11.1 Å². The quantitative estimate of drug-likeness (QED) is 0.524. The van der Waals surface area contributed by atoms with E-state index in [1.807, 2.05) is 24.3 Å². The van der Waals surface area contributed by atoms with Gasteiger partial charge >= 0.3 is 5.97 Å². The van der Waals surface area contributed by atoms with Crippen LogP contribution in [0.3, 0.4) is 0 Å². The Hall–Kier alpha value is -3.02. The Morgan fingerprint density at radius 3 is 2.61 bits per heavy atom. The number of rotatable bonds is 6. The van der Waals surface area contributed by atoms with E-state index in [0.29, 0.717) is 5.57 Å². The summed E-state index contributed by atoms with van der Waals surface area (Å²) in [7, 11) is 0. The number of ketones is 1. The lowest BCUT2D eigenvalue weighted by Gasteiger charge is -2.45. The fourth-order valence-electron chi connectivity index (χ4n) is 6.08. The van der Waals surface area contributed by atoms with Crippen molar-refractivity contribution in [2.24, 2.45) is 23.7 Å². The molecule has 5 nitrogen and oxygen atoms in total. The molecule has 0 bridgehead atoms. The second-order valence-corrected chi connectivity index (χ2v) is 9.31. The topological polar surface area (TPSA) is 83.8 Å². The number of Topliss-reactive ketones (excluding diaryl/α,β-unsaturated/α-hetero) is 1. The summed E-state index contributed by atoms with van der Waals surface area (Å²) in [5, 5.41) is 19.6. The number of fused-ring (bicyclic) bond motifs is 5. The number of esters is 1. The number of allylic oxidation sites excluding steroid dienone is 1. The van der Waals surface area contributed by atoms with Crippen molar-refractivity contribution in [2.75, 3.05) is 6.61 Å². The van der Waals surface area contributed by atoms with Crippen LogP contribution in [0, 0.1) is 23.7 Å². The maximum atomic E-state index is 13.1. The van der Waals surface area contributed by atoms with Crippen molar-refractivity contribution in [1.82, 2.24) is 0 Å². The highest BCUT2D eigenvalue weighted by Gasteiger charge is 2.63. The molecule has 0 radical (unpaired) electrons. The molecule has 3 aliphatic carbocycles. The van der Waals surface area contributed by atoms with Gasteiger partial charge in [0.2, 0.25) is 0 Å². The molecule has 0 aromatic heterocycles. The van der Waals surface area contributed by atoms with Gasteiger partial charge in [0, 0.05) is 5.92 Å². The molecule has 1 fully saturated rings. The number of aliphatic hydroxyl groups excluding tert-OH is 2. The Morgan fingerprint density at radius 2 is 1.94 bits per heavy atom. The van der Waals surface area contributed by atoms with Crippen LogP contribution in [0.15, 0.2) is 60.7 Å². The fraction of sp³-hybridized carbons (Fsp3) is 0.357. The van der Waals surface area contributed by atoms with Crippen molar-refractivity contribution in [3.63, 3.8) is 0 Å². The van der Waals surface area contributed by atoms with Crippen molar-refractivity contribution in [2.45, 2.75) is 32.5 Å². The molecule has 0 aliphatic heterocycles. The van der Waals surface area contributed by atoms with Crippen LogP contribution >= 0.6 is 0 Å². The first-order valence-electron chi connectivity index (χ1n) is 11.5. The van der Waals surface area contributed by atoms with Crippen molar-refractivity contribution >= 4 is 17.3 Å². The molecule has 33 heavy (non-hydrogen) atoms. The molecule has 1 saturated carbocycles. The second kappa shape index (κ2) is 8.40. The number of benzene rings is 2. The molecule has 5 heteroatoms. The van der Waals surface area contributed by atoms with E-state index >= 15 is 0 Å². The summed E-state index contributed by atoms with van der Waals surface area (Å²) in [6.07, 6.45) is 2.51. The Morgan fingerprint density at radius 1 is 1.21 bits per heavy atom. The molecule has 170 valence electrons. The van der Waals surface area contributed by atoms with Gasteiger partial charge in [0.05, 0.1) is 24.2 Å². The number of ether oxygens (including phenoxy) is 1. The summed E-state index contributed by atoms with van der Waals surface area (Å²) >= 11 is 0. The van der Waals surface area contributed by atoms with E-state index in [-0.39, 0.29) is 30.8 Å². The van der Waals surface area contributed by atoms with Gasteiger partial charge in [-0.3, -0.25) is 4.79 Å². The Kier molecular flexibility index (Phi) is 5.55. The zero-order valence-electron chi connectivity index (χ0n) is 18.7. The van der Waals surface area contributed by atoms with E-state index < -0.39 is 23.9 Å². The van der Waals surface area contributed by atoms with Gasteiger partial charge in [-0.2, -0.15) is 0 Å². The highest BCUT2D eigenvalue weighted by atomic mass is 16.5. The van der Waals surface area contributed by atoms with Crippen LogP contribution in [0.2, 0.25) is 0 Å². The predicted octanol–water partition coefficient (Wildman–Crippen LogP) is 3.72. The number of carbonyl (C=O) groups excluding carboxylic acids is 2. The van der Waals surface area contributed by atoms with Crippen LogP contribution in [-0.2, 0) is 27.4 Å². The molecular weight excluding hydrogens is 416 g/mol.